The molecule has 1 unspecified atom stereocenters. The van der Waals surface area contributed by atoms with Crippen LogP contribution in [0.15, 0.2) is 24.3 Å². The lowest BCUT2D eigenvalue weighted by atomic mass is 9.89. The fourth-order valence-electron chi connectivity index (χ4n) is 1.83. The number of allylic oxidation sites excluding steroid dienone is 1. The summed E-state index contributed by atoms with van der Waals surface area (Å²) in [6, 6.07) is 5.84. The highest BCUT2D eigenvalue weighted by atomic mass is 16.5. The molecule has 74 valence electrons. The van der Waals surface area contributed by atoms with Crippen molar-refractivity contribution in [3.8, 4) is 5.75 Å². The third-order valence-corrected chi connectivity index (χ3v) is 2.69. The van der Waals surface area contributed by atoms with Crippen molar-refractivity contribution in [1.82, 2.24) is 0 Å². The molecular formula is C12H14O2. The topological polar surface area (TPSA) is 29.5 Å². The summed E-state index contributed by atoms with van der Waals surface area (Å²) < 4.78 is 5.13. The zero-order chi connectivity index (χ0) is 10.1. The molecule has 0 spiro atoms. The predicted octanol–water partition coefficient (Wildman–Crippen LogP) is 2.54. The molecule has 0 radical (unpaired) electrons. The third-order valence-electron chi connectivity index (χ3n) is 2.69. The Bertz CT molecular complexity index is 380. The van der Waals surface area contributed by atoms with E-state index < -0.39 is 0 Å². The normalized spacial score (nSPS) is 19.9. The summed E-state index contributed by atoms with van der Waals surface area (Å²) in [5, 5.41) is 9.80. The summed E-state index contributed by atoms with van der Waals surface area (Å²) in [4.78, 5) is 0. The van der Waals surface area contributed by atoms with Gasteiger partial charge in [0.2, 0.25) is 0 Å². The summed E-state index contributed by atoms with van der Waals surface area (Å²) in [5.74, 6) is 0.803. The van der Waals surface area contributed by atoms with Crippen LogP contribution >= 0.6 is 0 Å². The molecule has 1 aliphatic rings. The quantitative estimate of drug-likeness (QED) is 0.737. The van der Waals surface area contributed by atoms with Crippen LogP contribution in [0.1, 0.15) is 30.6 Å². The number of hydrogen-bond acceptors (Lipinski definition) is 2. The van der Waals surface area contributed by atoms with E-state index in [0.717, 1.165) is 16.9 Å². The maximum atomic E-state index is 9.80. The van der Waals surface area contributed by atoms with Crippen molar-refractivity contribution in [3.63, 3.8) is 0 Å². The van der Waals surface area contributed by atoms with Gasteiger partial charge in [0.1, 0.15) is 5.75 Å². The van der Waals surface area contributed by atoms with Crippen LogP contribution in [0.2, 0.25) is 0 Å². The van der Waals surface area contributed by atoms with E-state index in [9.17, 15) is 5.11 Å². The van der Waals surface area contributed by atoms with Crippen LogP contribution in [0.4, 0.5) is 0 Å². The number of fused-ring (bicyclic) bond motifs is 1. The Kier molecular flexibility index (Phi) is 2.30. The number of methoxy groups -OCH3 is 1. The Balaban J connectivity index is 2.53. The second-order valence-electron chi connectivity index (χ2n) is 3.59. The van der Waals surface area contributed by atoms with Crippen LogP contribution in [0.3, 0.4) is 0 Å². The smallest absolute Gasteiger partial charge is 0.119 e. The first-order chi connectivity index (χ1) is 6.72. The highest BCUT2D eigenvalue weighted by Crippen LogP contribution is 2.34. The van der Waals surface area contributed by atoms with E-state index in [1.54, 1.807) is 7.11 Å². The van der Waals surface area contributed by atoms with Crippen LogP contribution < -0.4 is 4.74 Å². The second-order valence-corrected chi connectivity index (χ2v) is 3.59. The molecule has 1 N–H and O–H groups in total. The average molecular weight is 190 g/mol. The van der Waals surface area contributed by atoms with Crippen molar-refractivity contribution >= 4 is 5.57 Å². The number of benzene rings is 1. The average Bonchev–Trinajstić information content (AvgIpc) is 2.23. The summed E-state index contributed by atoms with van der Waals surface area (Å²) in [6.07, 6.45) is 2.38. The molecule has 0 saturated carbocycles. The van der Waals surface area contributed by atoms with E-state index in [-0.39, 0.29) is 6.10 Å². The van der Waals surface area contributed by atoms with Crippen LogP contribution in [-0.4, -0.2) is 12.2 Å². The van der Waals surface area contributed by atoms with E-state index in [2.05, 4.69) is 13.0 Å². The standard InChI is InChI=1S/C12H14O2/c1-8-3-6-12(13)11-7-9(14-2)4-5-10(8)11/h3-5,7,12-13H,6H2,1-2H3. The number of hydrogen-bond donors (Lipinski definition) is 1. The summed E-state index contributed by atoms with van der Waals surface area (Å²) >= 11 is 0. The van der Waals surface area contributed by atoms with E-state index >= 15 is 0 Å². The van der Waals surface area contributed by atoms with Gasteiger partial charge < -0.3 is 9.84 Å². The highest BCUT2D eigenvalue weighted by molar-refractivity contribution is 5.69. The molecule has 0 amide bonds. The first-order valence-corrected chi connectivity index (χ1v) is 4.75. The van der Waals surface area contributed by atoms with Crippen LogP contribution in [0, 0.1) is 0 Å². The highest BCUT2D eigenvalue weighted by Gasteiger charge is 2.17. The minimum Gasteiger partial charge on any atom is -0.497 e. The van der Waals surface area contributed by atoms with Crippen molar-refractivity contribution in [2.24, 2.45) is 0 Å². The van der Waals surface area contributed by atoms with Crippen LogP contribution in [0.5, 0.6) is 5.75 Å². The van der Waals surface area contributed by atoms with E-state index in [1.165, 1.54) is 5.57 Å². The molecule has 1 aromatic carbocycles. The molecule has 0 aromatic heterocycles. The Morgan fingerprint density at radius 3 is 2.93 bits per heavy atom. The van der Waals surface area contributed by atoms with E-state index in [0.29, 0.717) is 6.42 Å². The van der Waals surface area contributed by atoms with Gasteiger partial charge in [0.25, 0.3) is 0 Å². The van der Waals surface area contributed by atoms with Gasteiger partial charge in [-0.15, -0.1) is 0 Å². The lowest BCUT2D eigenvalue weighted by Gasteiger charge is -2.20. The monoisotopic (exact) mass is 190 g/mol. The molecule has 0 bridgehead atoms. The maximum Gasteiger partial charge on any atom is 0.119 e. The molecule has 0 heterocycles. The molecule has 14 heavy (non-hydrogen) atoms. The van der Waals surface area contributed by atoms with Gasteiger partial charge in [-0.25, -0.2) is 0 Å². The summed E-state index contributed by atoms with van der Waals surface area (Å²) in [6.45, 7) is 2.07. The van der Waals surface area contributed by atoms with Gasteiger partial charge >= 0.3 is 0 Å². The summed E-state index contributed by atoms with van der Waals surface area (Å²) in [5.41, 5.74) is 3.34. The number of aliphatic hydroxyl groups excluding tert-OH is 1. The zero-order valence-corrected chi connectivity index (χ0v) is 8.45. The molecule has 0 saturated heterocycles. The third kappa shape index (κ3) is 1.42. The molecule has 2 rings (SSSR count). The number of ether oxygens (including phenoxy) is 1. The Hall–Kier alpha value is -1.28. The molecule has 1 aromatic rings. The van der Waals surface area contributed by atoms with Gasteiger partial charge in [0.05, 0.1) is 13.2 Å². The maximum absolute atomic E-state index is 9.80. The molecule has 2 nitrogen and oxygen atoms in total. The molecule has 0 aliphatic heterocycles. The molecule has 1 atom stereocenters. The zero-order valence-electron chi connectivity index (χ0n) is 8.45. The second kappa shape index (κ2) is 3.46. The number of rotatable bonds is 1. The Morgan fingerprint density at radius 2 is 2.21 bits per heavy atom. The van der Waals surface area contributed by atoms with Crippen LogP contribution in [0.25, 0.3) is 5.57 Å². The first-order valence-electron chi connectivity index (χ1n) is 4.75. The first kappa shape index (κ1) is 9.28. The van der Waals surface area contributed by atoms with Gasteiger partial charge in [-0.05, 0) is 42.2 Å². The molecular weight excluding hydrogens is 176 g/mol. The summed E-state index contributed by atoms with van der Waals surface area (Å²) in [7, 11) is 1.64. The van der Waals surface area contributed by atoms with Gasteiger partial charge in [0, 0.05) is 0 Å². The Morgan fingerprint density at radius 1 is 1.43 bits per heavy atom. The van der Waals surface area contributed by atoms with Crippen molar-refractivity contribution in [2.75, 3.05) is 7.11 Å². The lowest BCUT2D eigenvalue weighted by molar-refractivity contribution is 0.179. The van der Waals surface area contributed by atoms with Gasteiger partial charge in [-0.1, -0.05) is 12.1 Å². The molecule has 0 fully saturated rings. The fourth-order valence-corrected chi connectivity index (χ4v) is 1.83. The van der Waals surface area contributed by atoms with Crippen molar-refractivity contribution in [1.29, 1.82) is 0 Å². The van der Waals surface area contributed by atoms with E-state index in [1.807, 2.05) is 18.2 Å². The minimum atomic E-state index is -0.385. The predicted molar refractivity (Wildman–Crippen MR) is 56.2 cm³/mol. The number of aliphatic hydroxyl groups is 1. The van der Waals surface area contributed by atoms with Crippen LogP contribution in [-0.2, 0) is 0 Å². The van der Waals surface area contributed by atoms with E-state index in [4.69, 9.17) is 4.74 Å². The Labute approximate surface area is 83.8 Å². The SMILES string of the molecule is COc1ccc2c(c1)C(O)CC=C2C. The van der Waals surface area contributed by atoms with Gasteiger partial charge in [-0.2, -0.15) is 0 Å². The molecule has 1 aliphatic carbocycles. The molecule has 2 heteroatoms. The fraction of sp³-hybridized carbons (Fsp3) is 0.333. The van der Waals surface area contributed by atoms with Gasteiger partial charge in [0.15, 0.2) is 0 Å². The largest absolute Gasteiger partial charge is 0.497 e. The van der Waals surface area contributed by atoms with Crippen molar-refractivity contribution < 1.29 is 9.84 Å². The minimum absolute atomic E-state index is 0.385. The van der Waals surface area contributed by atoms with Gasteiger partial charge in [-0.3, -0.25) is 0 Å². The van der Waals surface area contributed by atoms with Crippen molar-refractivity contribution in [3.05, 3.63) is 35.4 Å². The van der Waals surface area contributed by atoms with Crippen molar-refractivity contribution in [2.45, 2.75) is 19.4 Å². The lowest BCUT2D eigenvalue weighted by Crippen LogP contribution is -2.05.